The number of hydrogen-bond donors (Lipinski definition) is 8. The number of carbonyl (C=O) groups excluding carboxylic acids is 1. The standard InChI is InChI=1S/C9H11N2O6.C8H13NO6.5H2O.Pa.Pb/c12-3-4-6(14)7(15)8(17-4)11-2-1-5(13)10-9(11)16;1-3(11)9-5-7(13)6(12)4(2-10)15-8(5)14;;;;;;;/h1-4,6-8,12,14-15H,(H,10,13,16);4-7,10,12-13H,2H2,1H3,(H,9,11);5*1H2;;/q2*-1;;;;;;;+1. The van der Waals surface area contributed by atoms with Crippen LogP contribution in [0, 0.1) is 38.9 Å². The van der Waals surface area contributed by atoms with Gasteiger partial charge in [-0.05, 0) is 6.10 Å². The van der Waals surface area contributed by atoms with E-state index in [2.05, 4.69) is 5.32 Å². The fraction of sp³-hybridized carbons (Fsp3) is 0.647. The summed E-state index contributed by atoms with van der Waals surface area (Å²) in [6, 6.07) is 0.353. The van der Waals surface area contributed by atoms with Crippen LogP contribution in [0.5, 0.6) is 0 Å². The molecule has 1 aromatic rings. The van der Waals surface area contributed by atoms with Gasteiger partial charge in [-0.15, -0.1) is 0 Å². The number of hydrogen-bond acceptors (Lipinski definition) is 12. The molecule has 1 amide bonds. The Morgan fingerprint density at radius 2 is 1.67 bits per heavy atom. The van der Waals surface area contributed by atoms with Gasteiger partial charge in [0.25, 0.3) is 5.56 Å². The molecule has 4 heterocycles. The topological polar surface area (TPSA) is 394 Å². The van der Waals surface area contributed by atoms with Gasteiger partial charge in [0.1, 0.15) is 6.10 Å². The van der Waals surface area contributed by atoms with E-state index in [1.54, 1.807) is 0 Å². The Kier molecular flexibility index (Phi) is 22.1. The van der Waals surface area contributed by atoms with Crippen molar-refractivity contribution in [3.63, 3.8) is 0 Å². The molecule has 22 heteroatoms. The molecular weight excluding hydrogens is 956 g/mol. The smallest absolute Gasteiger partial charge is 0.330 e. The normalized spacial score (nSPS) is 33.5. The van der Waals surface area contributed by atoms with Gasteiger partial charge < -0.3 is 47.4 Å². The summed E-state index contributed by atoms with van der Waals surface area (Å²) in [6.07, 6.45) is -7.09. The van der Waals surface area contributed by atoms with E-state index in [9.17, 15) is 34.8 Å². The second-order valence-corrected chi connectivity index (χ2v) is 11.8. The first-order valence-electron chi connectivity index (χ1n) is 9.72. The molecular formula is C17H34N3O17PaPb-. The Morgan fingerprint density at radius 1 is 1.10 bits per heavy atom. The molecule has 3 radical (unpaired) electrons. The van der Waals surface area contributed by atoms with Crippen molar-refractivity contribution in [3.8, 4) is 0 Å². The number of aromatic nitrogens is 2. The molecule has 4 rings (SSSR count). The van der Waals surface area contributed by atoms with Crippen LogP contribution in [0.3, 0.4) is 0 Å². The molecule has 18 N–H and O–H groups in total. The van der Waals surface area contributed by atoms with E-state index in [4.69, 9.17) is 22.4 Å². The van der Waals surface area contributed by atoms with Crippen LogP contribution in [0.2, 0.25) is 0 Å². The fourth-order valence-electron chi connectivity index (χ4n) is 3.45. The van der Waals surface area contributed by atoms with Gasteiger partial charge in [0.2, 0.25) is 0 Å². The molecule has 0 bridgehead atoms. The Labute approximate surface area is 256 Å². The number of rotatable bonds is 4. The minimum absolute atomic E-state index is 0. The van der Waals surface area contributed by atoms with Crippen LogP contribution in [0.1, 0.15) is 13.2 Å². The minimum atomic E-state index is -1.48. The number of nitrogens with zero attached hydrogens (tertiary/aromatic N) is 1. The zero-order valence-electron chi connectivity index (χ0n) is 20.2. The molecule has 3 saturated heterocycles. The monoisotopic (exact) mass is 991 g/mol. The van der Waals surface area contributed by atoms with E-state index in [1.165, 1.54) is 6.92 Å². The third kappa shape index (κ3) is 10.1. The van der Waals surface area contributed by atoms with Crippen molar-refractivity contribution < 1.29 is 107 Å². The van der Waals surface area contributed by atoms with Crippen molar-refractivity contribution in [3.05, 3.63) is 39.7 Å². The average molecular weight is 991 g/mol. The van der Waals surface area contributed by atoms with E-state index >= 15 is 0 Å². The number of ether oxygens (including phenoxy) is 2. The molecule has 20 nitrogen and oxygen atoms in total. The first kappa shape index (κ1) is 45.6. The zero-order valence-corrected chi connectivity index (χ0v) is 28.9. The van der Waals surface area contributed by atoms with Crippen LogP contribution in [0.25, 0.3) is 0 Å². The van der Waals surface area contributed by atoms with Crippen molar-refractivity contribution in [1.82, 2.24) is 14.9 Å². The molecule has 1 spiro atoms. The van der Waals surface area contributed by atoms with Gasteiger partial charge in [0.15, 0.2) is 6.23 Å². The first-order valence-corrected chi connectivity index (χ1v) is 13.3. The van der Waals surface area contributed by atoms with Gasteiger partial charge in [-0.3, -0.25) is 14.3 Å². The Balaban J connectivity index is -0.000000273. The molecule has 3 aliphatic rings. The van der Waals surface area contributed by atoms with E-state index in [1.807, 2.05) is 4.98 Å². The molecule has 227 valence electrons. The number of aromatic amines is 1. The predicted octanol–water partition coefficient (Wildman–Crippen LogP) is -9.53. The van der Waals surface area contributed by atoms with Crippen LogP contribution in [-0.4, -0.2) is 151 Å². The average Bonchev–Trinajstić information content (AvgIpc) is 3.49. The van der Waals surface area contributed by atoms with Gasteiger partial charge in [-0.25, -0.2) is 4.79 Å². The molecule has 0 aromatic carbocycles. The summed E-state index contributed by atoms with van der Waals surface area (Å²) in [5.74, 6) is -0.319. The number of amides is 1. The van der Waals surface area contributed by atoms with Crippen molar-refractivity contribution in [2.75, 3.05) is 6.61 Å². The molecule has 9 atom stereocenters. The summed E-state index contributed by atoms with van der Waals surface area (Å²) in [4.78, 5) is 35.3. The second-order valence-electron chi connectivity index (χ2n) is 7.51. The Morgan fingerprint density at radius 3 is 2.08 bits per heavy atom. The second kappa shape index (κ2) is 18.9. The van der Waals surface area contributed by atoms with Crippen molar-refractivity contribution >= 4 is 30.6 Å². The summed E-state index contributed by atoms with van der Waals surface area (Å²) in [5.41, 5.74) is -1.35. The molecule has 0 saturated carbocycles. The molecule has 39 heavy (non-hydrogen) atoms. The summed E-state index contributed by atoms with van der Waals surface area (Å²) in [7, 11) is 0. The SMILES string of the molecule is CC(=O)NC1C(O)C(O)C(CO)O[C]12[O][Pb]2.O.O.O.O.O.O=c1ccn(C2OC([CH-]O)C(O)C2O)c(=O)[nH]1.[Pa]. The number of H-pyrrole nitrogens is 1. The number of nitrogens with one attached hydrogen (secondary N) is 2. The van der Waals surface area contributed by atoms with Gasteiger partial charge in [0.05, 0.1) is 6.10 Å². The third-order valence-corrected chi connectivity index (χ3v) is 9.22. The van der Waals surface area contributed by atoms with Gasteiger partial charge >= 0.3 is 110 Å². The summed E-state index contributed by atoms with van der Waals surface area (Å²) < 4.78 is 15.8. The molecule has 3 aliphatic heterocycles. The third-order valence-electron chi connectivity index (χ3n) is 5.20. The van der Waals surface area contributed by atoms with Crippen molar-refractivity contribution in [1.29, 1.82) is 0 Å². The number of aliphatic hydroxyl groups excluding tert-OH is 6. The number of carbonyl (C=O) groups is 1. The molecule has 9 unspecified atom stereocenters. The van der Waals surface area contributed by atoms with Crippen LogP contribution in [-0.2, 0) is 17.0 Å². The Hall–Kier alpha value is -0.397. The quantitative estimate of drug-likeness (QED) is 0.0793. The van der Waals surface area contributed by atoms with E-state index in [-0.39, 0.29) is 72.2 Å². The van der Waals surface area contributed by atoms with Gasteiger partial charge in [-0.2, -0.15) is 6.61 Å². The zero-order chi connectivity index (χ0) is 24.5. The molecule has 1 aromatic heterocycles. The summed E-state index contributed by atoms with van der Waals surface area (Å²) >= 11 is -1.48. The van der Waals surface area contributed by atoms with Crippen LogP contribution >= 0.6 is 0 Å². The van der Waals surface area contributed by atoms with Gasteiger partial charge in [0, 0.05) is 44.6 Å². The maximum absolute atomic E-state index is 11.4. The maximum atomic E-state index is 11.4. The van der Waals surface area contributed by atoms with E-state index in [0.717, 1.165) is 16.8 Å². The maximum Gasteiger partial charge on any atom is 0.330 e. The van der Waals surface area contributed by atoms with E-state index in [0.29, 0.717) is 6.61 Å². The Bertz CT molecular complexity index is 965. The van der Waals surface area contributed by atoms with Gasteiger partial charge in [-0.1, -0.05) is 0 Å². The van der Waals surface area contributed by atoms with Crippen molar-refractivity contribution in [2.24, 2.45) is 0 Å². The van der Waals surface area contributed by atoms with E-state index < -0.39 is 88.2 Å². The van der Waals surface area contributed by atoms with Crippen LogP contribution in [0.15, 0.2) is 21.9 Å². The molecule has 0 aliphatic carbocycles. The predicted molar refractivity (Wildman–Crippen MR) is 123 cm³/mol. The minimum Gasteiger partial charge on any atom is -0.563 e. The molecule has 3 fully saturated rings. The summed E-state index contributed by atoms with van der Waals surface area (Å²) in [6.45, 7) is 1.52. The first-order chi connectivity index (χ1) is 15.5. The van der Waals surface area contributed by atoms with Crippen LogP contribution in [0.4, 0.5) is 0 Å². The van der Waals surface area contributed by atoms with Crippen molar-refractivity contribution in [2.45, 2.75) is 59.2 Å². The largest absolute Gasteiger partial charge is 0.563 e. The number of aliphatic hydroxyl groups is 6. The van der Waals surface area contributed by atoms with Crippen LogP contribution < -0.4 is 16.6 Å². The summed E-state index contributed by atoms with van der Waals surface area (Å²) in [5, 5.41) is 58.9. The fourth-order valence-corrected chi connectivity index (χ4v) is 6.73.